The molecule has 0 aliphatic rings. The first-order valence-corrected chi connectivity index (χ1v) is 6.63. The van der Waals surface area contributed by atoms with Crippen LogP contribution in [0.2, 0.25) is 10.0 Å². The molecule has 1 atom stereocenters. The number of rotatable bonds is 5. The maximum Gasteiger partial charge on any atom is 0.252 e. The monoisotopic (exact) mass is 293 g/mol. The number of carbonyl (C=O) groups excluding carboxylic acids is 1. The molecule has 1 aromatic carbocycles. The average molecular weight is 295 g/mol. The minimum absolute atomic E-state index is 0.187. The Hall–Kier alpha value is -0.440. The van der Waals surface area contributed by atoms with Gasteiger partial charge in [0.05, 0.1) is 10.6 Å². The lowest BCUT2D eigenvalue weighted by Gasteiger charge is -2.11. The molecule has 1 aromatic rings. The number of alkyl halides is 1. The van der Waals surface area contributed by atoms with Crippen LogP contribution in [0.4, 0.5) is 0 Å². The summed E-state index contributed by atoms with van der Waals surface area (Å²) in [5, 5.41) is 3.70. The third-order valence-electron chi connectivity index (χ3n) is 2.39. The first-order chi connectivity index (χ1) is 8.04. The Balaban J connectivity index is 2.58. The van der Waals surface area contributed by atoms with E-state index < -0.39 is 0 Å². The summed E-state index contributed by atoms with van der Waals surface area (Å²) in [7, 11) is 0. The van der Waals surface area contributed by atoms with Gasteiger partial charge in [-0.25, -0.2) is 0 Å². The molecule has 1 N–H and O–H groups in total. The molecule has 5 heteroatoms. The fourth-order valence-corrected chi connectivity index (χ4v) is 2.19. The summed E-state index contributed by atoms with van der Waals surface area (Å²) in [5.74, 6) is 0.759. The highest BCUT2D eigenvalue weighted by Crippen LogP contribution is 2.20. The minimum Gasteiger partial charge on any atom is -0.352 e. The number of nitrogens with one attached hydrogen (secondary N) is 1. The normalized spacial score (nSPS) is 12.2. The summed E-state index contributed by atoms with van der Waals surface area (Å²) >= 11 is 17.3. The van der Waals surface area contributed by atoms with E-state index in [9.17, 15) is 4.79 Å². The van der Waals surface area contributed by atoms with Crippen molar-refractivity contribution in [2.75, 3.05) is 12.4 Å². The van der Waals surface area contributed by atoms with Gasteiger partial charge in [-0.1, -0.05) is 30.1 Å². The number of halogens is 3. The van der Waals surface area contributed by atoms with Crippen molar-refractivity contribution in [1.82, 2.24) is 5.32 Å². The molecule has 0 radical (unpaired) electrons. The third-order valence-corrected chi connectivity index (χ3v) is 3.15. The molecular formula is C12H14Cl3NO. The number of carbonyl (C=O) groups is 1. The zero-order valence-electron chi connectivity index (χ0n) is 9.47. The van der Waals surface area contributed by atoms with E-state index in [-0.39, 0.29) is 5.91 Å². The van der Waals surface area contributed by atoms with E-state index in [2.05, 4.69) is 5.32 Å². The van der Waals surface area contributed by atoms with Crippen LogP contribution >= 0.6 is 34.8 Å². The maximum atomic E-state index is 11.8. The van der Waals surface area contributed by atoms with Crippen LogP contribution in [0.1, 0.15) is 23.7 Å². The van der Waals surface area contributed by atoms with Gasteiger partial charge in [-0.15, -0.1) is 11.6 Å². The van der Waals surface area contributed by atoms with Crippen LogP contribution in [-0.2, 0) is 0 Å². The molecule has 1 rings (SSSR count). The quantitative estimate of drug-likeness (QED) is 0.818. The van der Waals surface area contributed by atoms with E-state index in [0.717, 1.165) is 6.42 Å². The average Bonchev–Trinajstić information content (AvgIpc) is 2.26. The predicted octanol–water partition coefficient (Wildman–Crippen LogP) is 3.99. The smallest absolute Gasteiger partial charge is 0.252 e. The molecule has 1 amide bonds. The van der Waals surface area contributed by atoms with E-state index in [1.165, 1.54) is 0 Å². The fourth-order valence-electron chi connectivity index (χ4n) is 1.32. The molecule has 1 unspecified atom stereocenters. The minimum atomic E-state index is -0.187. The number of hydrogen-bond acceptors (Lipinski definition) is 1. The lowest BCUT2D eigenvalue weighted by Crippen LogP contribution is -2.28. The Morgan fingerprint density at radius 1 is 1.41 bits per heavy atom. The van der Waals surface area contributed by atoms with Gasteiger partial charge < -0.3 is 5.32 Å². The Labute approximate surface area is 116 Å². The second kappa shape index (κ2) is 7.10. The molecule has 2 nitrogen and oxygen atoms in total. The summed E-state index contributed by atoms with van der Waals surface area (Å²) in [6.07, 6.45) is 0.871. The molecule has 0 bridgehead atoms. The summed E-state index contributed by atoms with van der Waals surface area (Å²) in [6.45, 7) is 2.62. The van der Waals surface area contributed by atoms with Crippen molar-refractivity contribution in [1.29, 1.82) is 0 Å². The van der Waals surface area contributed by atoms with Crippen LogP contribution in [0.15, 0.2) is 18.2 Å². The SMILES string of the molecule is CC(CCCl)CNC(=O)c1ccc(Cl)cc1Cl. The molecule has 0 spiro atoms. The molecule has 0 aliphatic carbocycles. The molecule has 0 aliphatic heterocycles. The third kappa shape index (κ3) is 4.74. The van der Waals surface area contributed by atoms with E-state index in [0.29, 0.717) is 34.0 Å². The van der Waals surface area contributed by atoms with E-state index in [1.54, 1.807) is 18.2 Å². The lowest BCUT2D eigenvalue weighted by atomic mass is 10.1. The van der Waals surface area contributed by atoms with Crippen molar-refractivity contribution >= 4 is 40.7 Å². The van der Waals surface area contributed by atoms with Gasteiger partial charge in [-0.05, 0) is 30.5 Å². The van der Waals surface area contributed by atoms with Crippen LogP contribution < -0.4 is 5.32 Å². The highest BCUT2D eigenvalue weighted by molar-refractivity contribution is 6.36. The second-order valence-electron chi connectivity index (χ2n) is 3.92. The van der Waals surface area contributed by atoms with Crippen molar-refractivity contribution in [2.45, 2.75) is 13.3 Å². The molecular weight excluding hydrogens is 280 g/mol. The number of benzene rings is 1. The van der Waals surface area contributed by atoms with E-state index >= 15 is 0 Å². The van der Waals surface area contributed by atoms with Crippen LogP contribution in [0, 0.1) is 5.92 Å². The van der Waals surface area contributed by atoms with Gasteiger partial charge in [0, 0.05) is 17.4 Å². The molecule has 94 valence electrons. The topological polar surface area (TPSA) is 29.1 Å². The van der Waals surface area contributed by atoms with Gasteiger partial charge in [0.2, 0.25) is 0 Å². The summed E-state index contributed by atoms with van der Waals surface area (Å²) in [5.41, 5.74) is 0.439. The van der Waals surface area contributed by atoms with Gasteiger partial charge >= 0.3 is 0 Å². The Kier molecular flexibility index (Phi) is 6.10. The first-order valence-electron chi connectivity index (χ1n) is 5.33. The van der Waals surface area contributed by atoms with Gasteiger partial charge in [0.25, 0.3) is 5.91 Å². The van der Waals surface area contributed by atoms with E-state index in [1.807, 2.05) is 6.92 Å². The van der Waals surface area contributed by atoms with Crippen molar-refractivity contribution in [3.05, 3.63) is 33.8 Å². The molecule has 0 heterocycles. The van der Waals surface area contributed by atoms with Crippen molar-refractivity contribution in [2.24, 2.45) is 5.92 Å². The molecule has 0 aromatic heterocycles. The van der Waals surface area contributed by atoms with Gasteiger partial charge in [-0.2, -0.15) is 0 Å². The predicted molar refractivity (Wildman–Crippen MR) is 73.3 cm³/mol. The Bertz CT molecular complexity index is 395. The zero-order chi connectivity index (χ0) is 12.8. The van der Waals surface area contributed by atoms with Crippen LogP contribution in [0.3, 0.4) is 0 Å². The first kappa shape index (κ1) is 14.6. The molecule has 17 heavy (non-hydrogen) atoms. The van der Waals surface area contributed by atoms with Crippen LogP contribution in [0.5, 0.6) is 0 Å². The van der Waals surface area contributed by atoms with E-state index in [4.69, 9.17) is 34.8 Å². The van der Waals surface area contributed by atoms with Crippen molar-refractivity contribution < 1.29 is 4.79 Å². The molecule has 0 saturated carbocycles. The fraction of sp³-hybridized carbons (Fsp3) is 0.417. The van der Waals surface area contributed by atoms with Crippen molar-refractivity contribution in [3.63, 3.8) is 0 Å². The van der Waals surface area contributed by atoms with Crippen molar-refractivity contribution in [3.8, 4) is 0 Å². The van der Waals surface area contributed by atoms with Gasteiger partial charge in [-0.3, -0.25) is 4.79 Å². The van der Waals surface area contributed by atoms with Crippen LogP contribution in [-0.4, -0.2) is 18.3 Å². The zero-order valence-corrected chi connectivity index (χ0v) is 11.7. The summed E-state index contributed by atoms with van der Waals surface area (Å²) < 4.78 is 0. The summed E-state index contributed by atoms with van der Waals surface area (Å²) in [4.78, 5) is 11.8. The highest BCUT2D eigenvalue weighted by Gasteiger charge is 2.11. The second-order valence-corrected chi connectivity index (χ2v) is 5.14. The number of amides is 1. The van der Waals surface area contributed by atoms with Gasteiger partial charge in [0.1, 0.15) is 0 Å². The molecule has 0 saturated heterocycles. The highest BCUT2D eigenvalue weighted by atomic mass is 35.5. The summed E-state index contributed by atoms with van der Waals surface area (Å²) in [6, 6.07) is 4.82. The standard InChI is InChI=1S/C12H14Cl3NO/c1-8(4-5-13)7-16-12(17)10-3-2-9(14)6-11(10)15/h2-3,6,8H,4-5,7H2,1H3,(H,16,17). The number of hydrogen-bond donors (Lipinski definition) is 1. The lowest BCUT2D eigenvalue weighted by molar-refractivity contribution is 0.0948. The van der Waals surface area contributed by atoms with Crippen LogP contribution in [0.25, 0.3) is 0 Å². The largest absolute Gasteiger partial charge is 0.352 e. The van der Waals surface area contributed by atoms with Gasteiger partial charge in [0.15, 0.2) is 0 Å². The Morgan fingerprint density at radius 3 is 2.71 bits per heavy atom. The maximum absolute atomic E-state index is 11.8. The molecule has 0 fully saturated rings. The Morgan fingerprint density at radius 2 is 2.12 bits per heavy atom.